The molecule has 1 atom stereocenters. The lowest BCUT2D eigenvalue weighted by Gasteiger charge is -2.33. The highest BCUT2D eigenvalue weighted by molar-refractivity contribution is 5.79. The summed E-state index contributed by atoms with van der Waals surface area (Å²) in [5.41, 5.74) is -2.46. The summed E-state index contributed by atoms with van der Waals surface area (Å²) in [5, 5.41) is 10.3. The summed E-state index contributed by atoms with van der Waals surface area (Å²) in [4.78, 5) is 25.2. The number of ether oxygens (including phenoxy) is 1. The Labute approximate surface area is 141 Å². The van der Waals surface area contributed by atoms with E-state index in [1.165, 1.54) is 24.7 Å². The van der Waals surface area contributed by atoms with E-state index in [1.807, 2.05) is 0 Å². The number of likely N-dealkylation sites (tertiary alicyclic amines) is 1. The van der Waals surface area contributed by atoms with Gasteiger partial charge >= 0.3 is 11.9 Å². The highest BCUT2D eigenvalue weighted by Crippen LogP contribution is 2.38. The summed E-state index contributed by atoms with van der Waals surface area (Å²) in [7, 11) is 0. The van der Waals surface area contributed by atoms with E-state index in [1.54, 1.807) is 0 Å². The zero-order chi connectivity index (χ0) is 17.8. The lowest BCUT2D eigenvalue weighted by atomic mass is 9.87. The van der Waals surface area contributed by atoms with Crippen LogP contribution in [-0.2, 0) is 14.3 Å². The minimum Gasteiger partial charge on any atom is -0.461 e. The molecule has 0 aromatic carbocycles. The molecule has 0 radical (unpaired) electrons. The maximum Gasteiger partial charge on any atom is 0.380 e. The fraction of sp³-hybridized carbons (Fsp3) is 0.882. The second-order valence-corrected chi connectivity index (χ2v) is 6.90. The van der Waals surface area contributed by atoms with Crippen LogP contribution in [0.4, 0.5) is 8.78 Å². The van der Waals surface area contributed by atoms with Crippen molar-refractivity contribution in [1.29, 1.82) is 0 Å². The monoisotopic (exact) mass is 347 g/mol. The van der Waals surface area contributed by atoms with Gasteiger partial charge in [0.1, 0.15) is 5.60 Å². The van der Waals surface area contributed by atoms with Gasteiger partial charge in [-0.25, -0.2) is 4.79 Å². The molecule has 7 heteroatoms. The van der Waals surface area contributed by atoms with Crippen LogP contribution in [0, 0.1) is 5.92 Å². The molecule has 2 aliphatic rings. The van der Waals surface area contributed by atoms with Gasteiger partial charge in [-0.15, -0.1) is 0 Å². The molecule has 2 fully saturated rings. The predicted octanol–water partition coefficient (Wildman–Crippen LogP) is 2.51. The van der Waals surface area contributed by atoms with Crippen LogP contribution in [0.2, 0.25) is 0 Å². The molecule has 1 aliphatic heterocycles. The third-order valence-electron chi connectivity index (χ3n) is 4.98. The first-order chi connectivity index (χ1) is 11.3. The van der Waals surface area contributed by atoms with Crippen molar-refractivity contribution in [2.45, 2.75) is 69.8 Å². The third kappa shape index (κ3) is 4.43. The van der Waals surface area contributed by atoms with Gasteiger partial charge in [-0.2, -0.15) is 8.78 Å². The fourth-order valence-electron chi connectivity index (χ4n) is 3.20. The highest BCUT2D eigenvalue weighted by Gasteiger charge is 2.59. The predicted molar refractivity (Wildman–Crippen MR) is 83.5 cm³/mol. The second kappa shape index (κ2) is 7.76. The average Bonchev–Trinajstić information content (AvgIpc) is 3.35. The van der Waals surface area contributed by atoms with Gasteiger partial charge in [0, 0.05) is 25.9 Å². The quantitative estimate of drug-likeness (QED) is 0.719. The molecule has 1 unspecified atom stereocenters. The van der Waals surface area contributed by atoms with Crippen molar-refractivity contribution in [3.8, 4) is 0 Å². The molecule has 1 heterocycles. The molecule has 2 rings (SSSR count). The fourth-order valence-corrected chi connectivity index (χ4v) is 3.20. The van der Waals surface area contributed by atoms with Crippen molar-refractivity contribution in [2.75, 3.05) is 19.7 Å². The minimum atomic E-state index is -3.96. The van der Waals surface area contributed by atoms with Crippen LogP contribution in [0.15, 0.2) is 0 Å². The number of aliphatic hydroxyl groups is 1. The van der Waals surface area contributed by atoms with Gasteiger partial charge in [-0.1, -0.05) is 12.8 Å². The molecule has 1 amide bonds. The zero-order valence-electron chi connectivity index (χ0n) is 14.2. The van der Waals surface area contributed by atoms with Gasteiger partial charge in [0.25, 0.3) is 0 Å². The number of alkyl halides is 2. The topological polar surface area (TPSA) is 66.8 Å². The number of hydrogen-bond donors (Lipinski definition) is 1. The van der Waals surface area contributed by atoms with Gasteiger partial charge in [0.05, 0.1) is 6.61 Å². The Balaban J connectivity index is 1.89. The number of carbonyl (C=O) groups excluding carboxylic acids is 2. The lowest BCUT2D eigenvalue weighted by molar-refractivity contribution is -0.216. The number of nitrogens with zero attached hydrogens (tertiary/aromatic N) is 1. The van der Waals surface area contributed by atoms with E-state index < -0.39 is 17.5 Å². The first kappa shape index (κ1) is 19.1. The Morgan fingerprint density at radius 2 is 2.00 bits per heavy atom. The molecule has 0 bridgehead atoms. The van der Waals surface area contributed by atoms with Crippen molar-refractivity contribution in [3.05, 3.63) is 0 Å². The van der Waals surface area contributed by atoms with Crippen LogP contribution in [0.3, 0.4) is 0 Å². The van der Waals surface area contributed by atoms with Gasteiger partial charge in [-0.05, 0) is 38.5 Å². The standard InChI is InChI=1S/C17H27F2NO4/c1-2-24-15(22)17(18,19)16(23)9-4-11-20(12-10-16)14(21)6-3-5-13-7-8-13/h13,23H,2-12H2,1H3. The van der Waals surface area contributed by atoms with Crippen molar-refractivity contribution >= 4 is 11.9 Å². The van der Waals surface area contributed by atoms with Gasteiger partial charge in [-0.3, -0.25) is 4.79 Å². The summed E-state index contributed by atoms with van der Waals surface area (Å²) in [6, 6.07) is 0. The molecule has 0 spiro atoms. The molecular formula is C17H27F2NO4. The molecular weight excluding hydrogens is 320 g/mol. The Morgan fingerprint density at radius 1 is 1.29 bits per heavy atom. The van der Waals surface area contributed by atoms with Crippen LogP contribution in [0.5, 0.6) is 0 Å². The number of amides is 1. The Kier molecular flexibility index (Phi) is 6.17. The van der Waals surface area contributed by atoms with Gasteiger partial charge in [0.2, 0.25) is 5.91 Å². The normalized spacial score (nSPS) is 25.2. The summed E-state index contributed by atoms with van der Waals surface area (Å²) >= 11 is 0. The smallest absolute Gasteiger partial charge is 0.380 e. The van der Waals surface area contributed by atoms with Crippen LogP contribution in [0.1, 0.15) is 58.3 Å². The Morgan fingerprint density at radius 3 is 2.62 bits per heavy atom. The Bertz CT molecular complexity index is 468. The molecule has 1 N–H and O–H groups in total. The van der Waals surface area contributed by atoms with E-state index in [4.69, 9.17) is 0 Å². The lowest BCUT2D eigenvalue weighted by Crippen LogP contribution is -2.54. The van der Waals surface area contributed by atoms with E-state index in [2.05, 4.69) is 4.74 Å². The van der Waals surface area contributed by atoms with Crippen molar-refractivity contribution in [3.63, 3.8) is 0 Å². The van der Waals surface area contributed by atoms with E-state index in [0.717, 1.165) is 18.8 Å². The van der Waals surface area contributed by atoms with E-state index >= 15 is 0 Å². The molecule has 1 saturated carbocycles. The zero-order valence-corrected chi connectivity index (χ0v) is 14.2. The highest BCUT2D eigenvalue weighted by atomic mass is 19.3. The van der Waals surface area contributed by atoms with Gasteiger partial charge in [0.15, 0.2) is 0 Å². The average molecular weight is 347 g/mol. The maximum atomic E-state index is 14.3. The van der Waals surface area contributed by atoms with Crippen LogP contribution in [0.25, 0.3) is 0 Å². The van der Waals surface area contributed by atoms with Crippen molar-refractivity contribution < 1.29 is 28.2 Å². The molecule has 1 saturated heterocycles. The van der Waals surface area contributed by atoms with Crippen LogP contribution < -0.4 is 0 Å². The second-order valence-electron chi connectivity index (χ2n) is 6.90. The summed E-state index contributed by atoms with van der Waals surface area (Å²) in [5.74, 6) is -4.96. The summed E-state index contributed by atoms with van der Waals surface area (Å²) < 4.78 is 32.9. The molecule has 24 heavy (non-hydrogen) atoms. The molecule has 138 valence electrons. The molecule has 0 aromatic rings. The number of rotatable bonds is 7. The van der Waals surface area contributed by atoms with Crippen LogP contribution >= 0.6 is 0 Å². The first-order valence-corrected chi connectivity index (χ1v) is 8.85. The number of halogens is 2. The Hall–Kier alpha value is -1.24. The van der Waals surface area contributed by atoms with Crippen LogP contribution in [-0.4, -0.2) is 53.1 Å². The summed E-state index contributed by atoms with van der Waals surface area (Å²) in [6.07, 6.45) is 4.45. The molecule has 0 aromatic heterocycles. The van der Waals surface area contributed by atoms with E-state index in [-0.39, 0.29) is 38.3 Å². The van der Waals surface area contributed by atoms with E-state index in [0.29, 0.717) is 13.0 Å². The van der Waals surface area contributed by atoms with Crippen molar-refractivity contribution in [2.24, 2.45) is 5.92 Å². The maximum absolute atomic E-state index is 14.3. The molecule has 1 aliphatic carbocycles. The SMILES string of the molecule is CCOC(=O)C(F)(F)C1(O)CCCN(C(=O)CCCC2CC2)CC1. The number of hydrogen-bond acceptors (Lipinski definition) is 4. The van der Waals surface area contributed by atoms with Crippen molar-refractivity contribution in [1.82, 2.24) is 4.90 Å². The van der Waals surface area contributed by atoms with E-state index in [9.17, 15) is 23.5 Å². The third-order valence-corrected chi connectivity index (χ3v) is 4.98. The number of carbonyl (C=O) groups is 2. The van der Waals surface area contributed by atoms with Gasteiger partial charge < -0.3 is 14.7 Å². The minimum absolute atomic E-state index is 0.0355. The summed E-state index contributed by atoms with van der Waals surface area (Å²) in [6.45, 7) is 1.64. The molecule has 5 nitrogen and oxygen atoms in total. The largest absolute Gasteiger partial charge is 0.461 e. The first-order valence-electron chi connectivity index (χ1n) is 8.85. The number of esters is 1.